The van der Waals surface area contributed by atoms with E-state index in [2.05, 4.69) is 18.4 Å². The standard InChI is InChI=1S/C11H24O3Si.CH5N3/c1-5-8-11(12-2)9-6-7-10-15(11,13-3)14-4;2-1(3)4/h5-10H2,1-4H3;(H5,2,3,4). The van der Waals surface area contributed by atoms with E-state index in [0.29, 0.717) is 0 Å². The third-order valence-corrected chi connectivity index (χ3v) is 8.16. The van der Waals surface area contributed by atoms with Crippen LogP contribution in [0, 0.1) is 5.41 Å². The van der Waals surface area contributed by atoms with Gasteiger partial charge in [-0.05, 0) is 18.9 Å². The van der Waals surface area contributed by atoms with Crippen LogP contribution in [0.5, 0.6) is 0 Å². The van der Waals surface area contributed by atoms with Gasteiger partial charge in [0, 0.05) is 21.3 Å². The Kier molecular flexibility index (Phi) is 8.24. The van der Waals surface area contributed by atoms with Gasteiger partial charge in [-0.2, -0.15) is 0 Å². The molecule has 1 aliphatic heterocycles. The van der Waals surface area contributed by atoms with Crippen molar-refractivity contribution in [3.63, 3.8) is 0 Å². The van der Waals surface area contributed by atoms with Crippen LogP contribution in [-0.2, 0) is 13.6 Å². The SMILES string of the molecule is CCCC1(OC)CCCC[Si]1(OC)OC.N=C(N)N. The maximum Gasteiger partial charge on any atom is 0.370 e. The van der Waals surface area contributed by atoms with Crippen molar-refractivity contribution in [3.05, 3.63) is 0 Å². The van der Waals surface area contributed by atoms with Crippen LogP contribution in [0.25, 0.3) is 0 Å². The molecule has 0 amide bonds. The summed E-state index contributed by atoms with van der Waals surface area (Å²) in [5, 5.41) is 5.93. The highest BCUT2D eigenvalue weighted by atomic mass is 28.4. The van der Waals surface area contributed by atoms with Gasteiger partial charge in [-0.1, -0.05) is 26.2 Å². The Morgan fingerprint density at radius 2 is 1.74 bits per heavy atom. The summed E-state index contributed by atoms with van der Waals surface area (Å²) in [5.41, 5.74) is 8.94. The number of ether oxygens (including phenoxy) is 1. The van der Waals surface area contributed by atoms with Gasteiger partial charge in [0.15, 0.2) is 5.96 Å². The molecule has 0 spiro atoms. The smallest absolute Gasteiger partial charge is 0.370 e. The summed E-state index contributed by atoms with van der Waals surface area (Å²) in [6.07, 6.45) is 5.70. The maximum absolute atomic E-state index is 6.06. The second-order valence-corrected chi connectivity index (χ2v) is 8.51. The number of nitrogens with two attached hydrogens (primary N) is 2. The summed E-state index contributed by atoms with van der Waals surface area (Å²) in [6, 6.07) is 1.06. The van der Waals surface area contributed by atoms with Crippen LogP contribution in [0.3, 0.4) is 0 Å². The van der Waals surface area contributed by atoms with Gasteiger partial charge in [0.05, 0.1) is 0 Å². The zero-order valence-corrected chi connectivity index (χ0v) is 13.6. The van der Waals surface area contributed by atoms with Crippen LogP contribution in [-0.4, -0.2) is 41.1 Å². The quantitative estimate of drug-likeness (QED) is 0.404. The first-order valence-electron chi connectivity index (χ1n) is 6.68. The molecule has 0 saturated carbocycles. The van der Waals surface area contributed by atoms with Crippen LogP contribution >= 0.6 is 0 Å². The molecule has 7 heteroatoms. The number of hydrogen-bond donors (Lipinski definition) is 3. The van der Waals surface area contributed by atoms with Crippen LogP contribution in [0.4, 0.5) is 0 Å². The topological polar surface area (TPSA) is 104 Å². The molecule has 1 unspecified atom stereocenters. The lowest BCUT2D eigenvalue weighted by Crippen LogP contribution is -2.64. The molecule has 0 aromatic heterocycles. The molecule has 0 bridgehead atoms. The molecule has 0 radical (unpaired) electrons. The van der Waals surface area contributed by atoms with Crippen molar-refractivity contribution in [2.45, 2.75) is 50.3 Å². The van der Waals surface area contributed by atoms with Crippen LogP contribution < -0.4 is 11.5 Å². The summed E-state index contributed by atoms with van der Waals surface area (Å²) in [5.74, 6) is -0.333. The average Bonchev–Trinajstić information content (AvgIpc) is 2.39. The van der Waals surface area contributed by atoms with Gasteiger partial charge in [-0.25, -0.2) is 0 Å². The van der Waals surface area contributed by atoms with Crippen molar-refractivity contribution < 1.29 is 13.6 Å². The summed E-state index contributed by atoms with van der Waals surface area (Å²) >= 11 is 0. The fraction of sp³-hybridized carbons (Fsp3) is 0.917. The van der Waals surface area contributed by atoms with Crippen molar-refractivity contribution in [1.29, 1.82) is 5.41 Å². The number of methoxy groups -OCH3 is 1. The fourth-order valence-corrected chi connectivity index (χ4v) is 6.91. The second kappa shape index (κ2) is 8.52. The molecular formula is C12H29N3O3Si. The Labute approximate surface area is 117 Å². The highest BCUT2D eigenvalue weighted by Crippen LogP contribution is 2.42. The van der Waals surface area contributed by atoms with Crippen molar-refractivity contribution in [3.8, 4) is 0 Å². The molecule has 114 valence electrons. The highest BCUT2D eigenvalue weighted by molar-refractivity contribution is 6.70. The first-order chi connectivity index (χ1) is 8.93. The molecule has 1 aliphatic rings. The zero-order chi connectivity index (χ0) is 14.9. The van der Waals surface area contributed by atoms with Gasteiger partial charge < -0.3 is 25.1 Å². The Morgan fingerprint density at radius 1 is 1.21 bits per heavy atom. The van der Waals surface area contributed by atoms with Gasteiger partial charge in [-0.15, -0.1) is 0 Å². The minimum atomic E-state index is -2.15. The molecule has 0 aliphatic carbocycles. The average molecular weight is 291 g/mol. The summed E-state index contributed by atoms with van der Waals surface area (Å²) in [6.45, 7) is 2.19. The highest BCUT2D eigenvalue weighted by Gasteiger charge is 2.58. The van der Waals surface area contributed by atoms with E-state index in [9.17, 15) is 0 Å². The van der Waals surface area contributed by atoms with E-state index in [1.165, 1.54) is 12.8 Å². The van der Waals surface area contributed by atoms with E-state index in [1.807, 2.05) is 0 Å². The molecule has 5 N–H and O–H groups in total. The van der Waals surface area contributed by atoms with Gasteiger partial charge >= 0.3 is 8.56 Å². The Balaban J connectivity index is 0.000000711. The van der Waals surface area contributed by atoms with Crippen molar-refractivity contribution in [2.24, 2.45) is 11.5 Å². The lowest BCUT2D eigenvalue weighted by molar-refractivity contribution is -0.0149. The van der Waals surface area contributed by atoms with E-state index in [1.54, 1.807) is 21.3 Å². The van der Waals surface area contributed by atoms with Gasteiger partial charge in [-0.3, -0.25) is 5.41 Å². The third-order valence-electron chi connectivity index (χ3n) is 3.73. The number of hydrogen-bond acceptors (Lipinski definition) is 4. The maximum atomic E-state index is 6.06. The Bertz CT molecular complexity index is 267. The fourth-order valence-electron chi connectivity index (χ4n) is 2.92. The largest absolute Gasteiger partial charge is 0.396 e. The van der Waals surface area contributed by atoms with Crippen molar-refractivity contribution >= 4 is 14.5 Å². The molecule has 0 aromatic carbocycles. The molecule has 1 saturated heterocycles. The van der Waals surface area contributed by atoms with Crippen molar-refractivity contribution in [2.75, 3.05) is 21.3 Å². The lowest BCUT2D eigenvalue weighted by atomic mass is 10.1. The Hall–Kier alpha value is -0.633. The molecule has 1 atom stereocenters. The van der Waals surface area contributed by atoms with Gasteiger partial charge in [0.1, 0.15) is 5.22 Å². The normalized spacial score (nSPS) is 25.3. The van der Waals surface area contributed by atoms with Crippen LogP contribution in [0.15, 0.2) is 0 Å². The Morgan fingerprint density at radius 3 is 2.11 bits per heavy atom. The van der Waals surface area contributed by atoms with E-state index in [4.69, 9.17) is 19.0 Å². The lowest BCUT2D eigenvalue weighted by Gasteiger charge is -2.47. The van der Waals surface area contributed by atoms with E-state index in [0.717, 1.165) is 25.3 Å². The first kappa shape index (κ1) is 18.4. The number of guanidine groups is 1. The van der Waals surface area contributed by atoms with Gasteiger partial charge in [0.2, 0.25) is 0 Å². The van der Waals surface area contributed by atoms with E-state index in [-0.39, 0.29) is 11.2 Å². The zero-order valence-electron chi connectivity index (χ0n) is 12.6. The van der Waals surface area contributed by atoms with Crippen molar-refractivity contribution in [1.82, 2.24) is 0 Å². The molecule has 1 fully saturated rings. The van der Waals surface area contributed by atoms with E-state index >= 15 is 0 Å². The minimum absolute atomic E-state index is 0.122. The predicted molar refractivity (Wildman–Crippen MR) is 79.2 cm³/mol. The second-order valence-electron chi connectivity index (χ2n) is 4.77. The molecule has 0 aromatic rings. The number of nitrogens with one attached hydrogen (secondary N) is 1. The predicted octanol–water partition coefficient (Wildman–Crippen LogP) is 1.47. The summed E-state index contributed by atoms with van der Waals surface area (Å²) in [4.78, 5) is 0. The first-order valence-corrected chi connectivity index (χ1v) is 8.71. The van der Waals surface area contributed by atoms with E-state index < -0.39 is 8.56 Å². The molecule has 19 heavy (non-hydrogen) atoms. The molecule has 6 nitrogen and oxygen atoms in total. The molecule has 1 heterocycles. The van der Waals surface area contributed by atoms with Crippen LogP contribution in [0.1, 0.15) is 39.0 Å². The molecular weight excluding hydrogens is 262 g/mol. The monoisotopic (exact) mass is 291 g/mol. The summed E-state index contributed by atoms with van der Waals surface area (Å²) in [7, 11) is 3.22. The van der Waals surface area contributed by atoms with Gasteiger partial charge in [0.25, 0.3) is 0 Å². The van der Waals surface area contributed by atoms with Crippen LogP contribution in [0.2, 0.25) is 6.04 Å². The third kappa shape index (κ3) is 4.45. The minimum Gasteiger partial charge on any atom is -0.396 e. The summed E-state index contributed by atoms with van der Waals surface area (Å²) < 4.78 is 17.4. The molecule has 1 rings (SSSR count). The number of rotatable bonds is 5.